The van der Waals surface area contributed by atoms with Crippen LogP contribution in [0.1, 0.15) is 21.6 Å². The third-order valence-electron chi connectivity index (χ3n) is 2.59. The lowest BCUT2D eigenvalue weighted by atomic mass is 10.1. The first-order chi connectivity index (χ1) is 9.78. The number of aromatic nitrogens is 2. The lowest BCUT2D eigenvalue weighted by Gasteiger charge is -2.09. The van der Waals surface area contributed by atoms with Gasteiger partial charge in [-0.2, -0.15) is 5.26 Å². The maximum absolute atomic E-state index is 11.0. The van der Waals surface area contributed by atoms with Crippen molar-refractivity contribution in [3.63, 3.8) is 0 Å². The molecule has 2 aromatic heterocycles. The first-order valence-electron chi connectivity index (χ1n) is 5.74. The summed E-state index contributed by atoms with van der Waals surface area (Å²) in [5, 5.41) is 8.91. The summed E-state index contributed by atoms with van der Waals surface area (Å²) in [7, 11) is 1.47. The lowest BCUT2D eigenvalue weighted by molar-refractivity contribution is 0.112. The summed E-state index contributed by atoms with van der Waals surface area (Å²) in [5.74, 6) is 0.720. The van der Waals surface area contributed by atoms with Crippen LogP contribution in [-0.4, -0.2) is 23.4 Å². The molecule has 0 saturated carbocycles. The van der Waals surface area contributed by atoms with Crippen LogP contribution in [0, 0.1) is 11.3 Å². The molecule has 0 fully saturated rings. The van der Waals surface area contributed by atoms with Crippen molar-refractivity contribution in [2.45, 2.75) is 6.61 Å². The van der Waals surface area contributed by atoms with Crippen molar-refractivity contribution in [1.82, 2.24) is 9.97 Å². The average molecular weight is 269 g/mol. The van der Waals surface area contributed by atoms with Crippen molar-refractivity contribution in [1.29, 1.82) is 5.26 Å². The molecule has 2 aromatic rings. The van der Waals surface area contributed by atoms with E-state index in [4.69, 9.17) is 14.7 Å². The van der Waals surface area contributed by atoms with E-state index in [2.05, 4.69) is 9.97 Å². The highest BCUT2D eigenvalue weighted by molar-refractivity contribution is 5.77. The predicted molar refractivity (Wildman–Crippen MR) is 69.5 cm³/mol. The van der Waals surface area contributed by atoms with Crippen molar-refractivity contribution in [3.05, 3.63) is 47.4 Å². The van der Waals surface area contributed by atoms with Gasteiger partial charge in [-0.1, -0.05) is 0 Å². The molecule has 6 nitrogen and oxygen atoms in total. The standard InChI is InChI=1S/C14H11N3O3/c1-19-14-5-10(8-18)11(7-17-14)9-20-13-3-2-4-16-12(13)6-15/h2-5,7-8H,9H2,1H3. The zero-order valence-corrected chi connectivity index (χ0v) is 10.7. The van der Waals surface area contributed by atoms with E-state index in [1.165, 1.54) is 25.6 Å². The Labute approximate surface area is 115 Å². The molecule has 100 valence electrons. The van der Waals surface area contributed by atoms with Gasteiger partial charge >= 0.3 is 0 Å². The smallest absolute Gasteiger partial charge is 0.213 e. The van der Waals surface area contributed by atoms with Crippen LogP contribution < -0.4 is 9.47 Å². The van der Waals surface area contributed by atoms with Gasteiger partial charge in [0.15, 0.2) is 17.7 Å². The minimum atomic E-state index is 0.117. The molecule has 0 amide bonds. The molecular weight excluding hydrogens is 258 g/mol. The largest absolute Gasteiger partial charge is 0.486 e. The zero-order chi connectivity index (χ0) is 14.4. The summed E-state index contributed by atoms with van der Waals surface area (Å²) in [6, 6.07) is 6.78. The Morgan fingerprint density at radius 1 is 1.45 bits per heavy atom. The van der Waals surface area contributed by atoms with Gasteiger partial charge in [0.2, 0.25) is 5.88 Å². The van der Waals surface area contributed by atoms with E-state index < -0.39 is 0 Å². The van der Waals surface area contributed by atoms with E-state index in [1.807, 2.05) is 6.07 Å². The molecule has 0 aromatic carbocycles. The molecule has 0 aliphatic carbocycles. The number of nitriles is 1. The van der Waals surface area contributed by atoms with Crippen LogP contribution in [0.5, 0.6) is 11.6 Å². The van der Waals surface area contributed by atoms with Crippen LogP contribution in [0.25, 0.3) is 0 Å². The highest BCUT2D eigenvalue weighted by Gasteiger charge is 2.08. The van der Waals surface area contributed by atoms with Crippen molar-refractivity contribution >= 4 is 6.29 Å². The van der Waals surface area contributed by atoms with Crippen LogP contribution in [0.3, 0.4) is 0 Å². The minimum Gasteiger partial charge on any atom is -0.486 e. The maximum Gasteiger partial charge on any atom is 0.213 e. The Kier molecular flexibility index (Phi) is 4.24. The highest BCUT2D eigenvalue weighted by atomic mass is 16.5. The van der Waals surface area contributed by atoms with Crippen molar-refractivity contribution in [3.8, 4) is 17.7 Å². The molecule has 2 rings (SSSR count). The van der Waals surface area contributed by atoms with E-state index in [9.17, 15) is 4.79 Å². The van der Waals surface area contributed by atoms with Gasteiger partial charge in [-0.3, -0.25) is 4.79 Å². The molecule has 2 heterocycles. The Morgan fingerprint density at radius 3 is 3.00 bits per heavy atom. The fourth-order valence-corrected chi connectivity index (χ4v) is 1.57. The average Bonchev–Trinajstić information content (AvgIpc) is 2.52. The molecule has 0 bridgehead atoms. The molecule has 0 unspecified atom stereocenters. The molecule has 0 N–H and O–H groups in total. The van der Waals surface area contributed by atoms with E-state index in [0.29, 0.717) is 29.0 Å². The van der Waals surface area contributed by atoms with Gasteiger partial charge in [0.1, 0.15) is 12.7 Å². The summed E-state index contributed by atoms with van der Waals surface area (Å²) in [6.45, 7) is 0.117. The monoisotopic (exact) mass is 269 g/mol. The number of aldehydes is 1. The zero-order valence-electron chi connectivity index (χ0n) is 10.7. The third-order valence-corrected chi connectivity index (χ3v) is 2.59. The van der Waals surface area contributed by atoms with Gasteiger partial charge in [0.05, 0.1) is 7.11 Å². The fourth-order valence-electron chi connectivity index (χ4n) is 1.57. The number of rotatable bonds is 5. The summed E-state index contributed by atoms with van der Waals surface area (Å²) in [6.07, 6.45) is 3.72. The number of methoxy groups -OCH3 is 1. The van der Waals surface area contributed by atoms with Crippen molar-refractivity contribution < 1.29 is 14.3 Å². The van der Waals surface area contributed by atoms with E-state index >= 15 is 0 Å². The summed E-state index contributed by atoms with van der Waals surface area (Å²) < 4.78 is 10.5. The lowest BCUT2D eigenvalue weighted by Crippen LogP contribution is -2.03. The number of hydrogen-bond donors (Lipinski definition) is 0. The van der Waals surface area contributed by atoms with Crippen LogP contribution in [0.4, 0.5) is 0 Å². The Hall–Kier alpha value is -2.94. The Bertz CT molecular complexity index is 665. The number of carbonyl (C=O) groups excluding carboxylic acids is 1. The number of pyridine rings is 2. The molecule has 0 aliphatic rings. The first-order valence-corrected chi connectivity index (χ1v) is 5.74. The van der Waals surface area contributed by atoms with E-state index in [0.717, 1.165) is 0 Å². The van der Waals surface area contributed by atoms with Gasteiger partial charge in [-0.25, -0.2) is 9.97 Å². The van der Waals surface area contributed by atoms with Crippen LogP contribution >= 0.6 is 0 Å². The molecule has 0 saturated heterocycles. The minimum absolute atomic E-state index is 0.117. The Balaban J connectivity index is 2.19. The topological polar surface area (TPSA) is 85.1 Å². The van der Waals surface area contributed by atoms with Gasteiger partial charge in [-0.05, 0) is 12.1 Å². The SMILES string of the molecule is COc1cc(C=O)c(COc2cccnc2C#N)cn1. The van der Waals surface area contributed by atoms with Gasteiger partial charge < -0.3 is 9.47 Å². The maximum atomic E-state index is 11.0. The molecule has 0 atom stereocenters. The summed E-state index contributed by atoms with van der Waals surface area (Å²) in [4.78, 5) is 18.9. The second-order valence-corrected chi connectivity index (χ2v) is 3.79. The van der Waals surface area contributed by atoms with Crippen LogP contribution in [0.2, 0.25) is 0 Å². The van der Waals surface area contributed by atoms with Crippen LogP contribution in [-0.2, 0) is 6.61 Å². The summed E-state index contributed by atoms with van der Waals surface area (Å²) >= 11 is 0. The van der Waals surface area contributed by atoms with Gasteiger partial charge in [-0.15, -0.1) is 0 Å². The number of nitrogens with zero attached hydrogens (tertiary/aromatic N) is 3. The van der Waals surface area contributed by atoms with Gasteiger partial charge in [0.25, 0.3) is 0 Å². The third kappa shape index (κ3) is 2.90. The number of hydrogen-bond acceptors (Lipinski definition) is 6. The van der Waals surface area contributed by atoms with Crippen LogP contribution in [0.15, 0.2) is 30.6 Å². The quantitative estimate of drug-likeness (QED) is 0.769. The molecule has 6 heteroatoms. The molecule has 0 aliphatic heterocycles. The Morgan fingerprint density at radius 2 is 2.30 bits per heavy atom. The second kappa shape index (κ2) is 6.29. The first kappa shape index (κ1) is 13.5. The van der Waals surface area contributed by atoms with E-state index in [-0.39, 0.29) is 12.3 Å². The number of carbonyl (C=O) groups is 1. The summed E-state index contributed by atoms with van der Waals surface area (Å²) in [5.41, 5.74) is 1.23. The highest BCUT2D eigenvalue weighted by Crippen LogP contribution is 2.18. The van der Waals surface area contributed by atoms with Crippen molar-refractivity contribution in [2.75, 3.05) is 7.11 Å². The second-order valence-electron chi connectivity index (χ2n) is 3.79. The number of ether oxygens (including phenoxy) is 2. The molecular formula is C14H11N3O3. The normalized spacial score (nSPS) is 9.60. The fraction of sp³-hybridized carbons (Fsp3) is 0.143. The molecule has 0 spiro atoms. The predicted octanol–water partition coefficient (Wildman–Crippen LogP) is 1.75. The molecule has 0 radical (unpaired) electrons. The molecule has 20 heavy (non-hydrogen) atoms. The van der Waals surface area contributed by atoms with Crippen molar-refractivity contribution in [2.24, 2.45) is 0 Å². The van der Waals surface area contributed by atoms with Gasteiger partial charge in [0, 0.05) is 29.6 Å². The van der Waals surface area contributed by atoms with E-state index in [1.54, 1.807) is 12.1 Å².